The lowest BCUT2D eigenvalue weighted by Gasteiger charge is -2.31. The fraction of sp³-hybridized carbons (Fsp3) is 0.417. The highest BCUT2D eigenvalue weighted by Crippen LogP contribution is 2.25. The molecule has 6 heteroatoms. The molecule has 0 heterocycles. The van der Waals surface area contributed by atoms with E-state index < -0.39 is 17.6 Å². The SMILES string of the molecule is CCCC(CCc1cccc(OCc2ccccc2)c1)(NC(=O)OC)C(=O)OCC. The van der Waals surface area contributed by atoms with Gasteiger partial charge in [0.1, 0.15) is 17.9 Å². The number of hydrogen-bond donors (Lipinski definition) is 1. The summed E-state index contributed by atoms with van der Waals surface area (Å²) in [5.41, 5.74) is 0.977. The average Bonchev–Trinajstić information content (AvgIpc) is 2.77. The van der Waals surface area contributed by atoms with E-state index in [0.29, 0.717) is 32.3 Å². The molecular weight excluding hydrogens is 382 g/mol. The molecule has 0 saturated heterocycles. The molecule has 0 bridgehead atoms. The van der Waals surface area contributed by atoms with Crippen LogP contribution in [0.3, 0.4) is 0 Å². The Morgan fingerprint density at radius 1 is 0.967 bits per heavy atom. The van der Waals surface area contributed by atoms with Gasteiger partial charge in [0.25, 0.3) is 0 Å². The molecule has 162 valence electrons. The first-order valence-corrected chi connectivity index (χ1v) is 10.3. The summed E-state index contributed by atoms with van der Waals surface area (Å²) in [7, 11) is 1.28. The fourth-order valence-corrected chi connectivity index (χ4v) is 3.34. The number of aryl methyl sites for hydroxylation is 1. The van der Waals surface area contributed by atoms with Crippen LogP contribution in [-0.4, -0.2) is 31.3 Å². The van der Waals surface area contributed by atoms with Crippen molar-refractivity contribution < 1.29 is 23.8 Å². The molecule has 2 aromatic rings. The quantitative estimate of drug-likeness (QED) is 0.543. The van der Waals surface area contributed by atoms with Gasteiger partial charge in [-0.15, -0.1) is 0 Å². The van der Waals surface area contributed by atoms with Crippen molar-refractivity contribution in [3.63, 3.8) is 0 Å². The predicted molar refractivity (Wildman–Crippen MR) is 115 cm³/mol. The zero-order valence-corrected chi connectivity index (χ0v) is 18.0. The molecule has 0 radical (unpaired) electrons. The first kappa shape index (κ1) is 23.3. The van der Waals surface area contributed by atoms with Crippen LogP contribution < -0.4 is 10.1 Å². The van der Waals surface area contributed by atoms with E-state index in [4.69, 9.17) is 14.2 Å². The number of methoxy groups -OCH3 is 1. The molecule has 0 aliphatic heterocycles. The third-order valence-corrected chi connectivity index (χ3v) is 4.86. The summed E-state index contributed by atoms with van der Waals surface area (Å²) in [5, 5.41) is 2.73. The minimum atomic E-state index is -1.13. The third kappa shape index (κ3) is 6.79. The van der Waals surface area contributed by atoms with Gasteiger partial charge in [0, 0.05) is 0 Å². The van der Waals surface area contributed by atoms with E-state index in [1.54, 1.807) is 6.92 Å². The number of nitrogens with one attached hydrogen (secondary N) is 1. The summed E-state index contributed by atoms with van der Waals surface area (Å²) >= 11 is 0. The Balaban J connectivity index is 2.11. The van der Waals surface area contributed by atoms with Gasteiger partial charge in [-0.05, 0) is 49.4 Å². The monoisotopic (exact) mass is 413 g/mol. The molecule has 0 fully saturated rings. The third-order valence-electron chi connectivity index (χ3n) is 4.86. The van der Waals surface area contributed by atoms with Gasteiger partial charge in [0.15, 0.2) is 0 Å². The second kappa shape index (κ2) is 11.9. The molecule has 2 aromatic carbocycles. The first-order chi connectivity index (χ1) is 14.5. The molecule has 1 amide bonds. The van der Waals surface area contributed by atoms with Gasteiger partial charge in [-0.2, -0.15) is 0 Å². The van der Waals surface area contributed by atoms with Crippen LogP contribution in [0.25, 0.3) is 0 Å². The minimum absolute atomic E-state index is 0.246. The van der Waals surface area contributed by atoms with Crippen LogP contribution in [-0.2, 0) is 27.3 Å². The van der Waals surface area contributed by atoms with Crippen LogP contribution >= 0.6 is 0 Å². The maximum atomic E-state index is 12.7. The number of ether oxygens (including phenoxy) is 3. The van der Waals surface area contributed by atoms with Gasteiger partial charge in [0.05, 0.1) is 13.7 Å². The van der Waals surface area contributed by atoms with Crippen LogP contribution in [0.2, 0.25) is 0 Å². The molecular formula is C24H31NO5. The Kier molecular flexibility index (Phi) is 9.19. The summed E-state index contributed by atoms with van der Waals surface area (Å²) in [6, 6.07) is 17.7. The van der Waals surface area contributed by atoms with Gasteiger partial charge in [-0.3, -0.25) is 0 Å². The highest BCUT2D eigenvalue weighted by atomic mass is 16.5. The van der Waals surface area contributed by atoms with Crippen molar-refractivity contribution in [1.82, 2.24) is 5.32 Å². The molecule has 1 N–H and O–H groups in total. The number of esters is 1. The lowest BCUT2D eigenvalue weighted by Crippen LogP contribution is -2.55. The molecule has 2 rings (SSSR count). The second-order valence-electron chi connectivity index (χ2n) is 7.09. The Bertz CT molecular complexity index is 808. The van der Waals surface area contributed by atoms with Crippen molar-refractivity contribution in [1.29, 1.82) is 0 Å². The van der Waals surface area contributed by atoms with Crippen molar-refractivity contribution in [3.8, 4) is 5.75 Å². The smallest absolute Gasteiger partial charge is 0.407 e. The number of carbonyl (C=O) groups excluding carboxylic acids is 2. The van der Waals surface area contributed by atoms with Gasteiger partial charge in [0.2, 0.25) is 0 Å². The Morgan fingerprint density at radius 2 is 1.70 bits per heavy atom. The standard InChI is InChI=1S/C24H31NO5/c1-4-15-24(22(26)29-5-2,25-23(27)28-3)16-14-19-12-9-13-21(17-19)30-18-20-10-7-6-8-11-20/h6-13,17H,4-5,14-16,18H2,1-3H3,(H,25,27). The van der Waals surface area contributed by atoms with Gasteiger partial charge in [-0.1, -0.05) is 55.8 Å². The van der Waals surface area contributed by atoms with Crippen LogP contribution in [0.1, 0.15) is 44.2 Å². The van der Waals surface area contributed by atoms with Crippen LogP contribution in [0.15, 0.2) is 54.6 Å². The lowest BCUT2D eigenvalue weighted by molar-refractivity contribution is -0.151. The predicted octanol–water partition coefficient (Wildman–Crippen LogP) is 4.66. The molecule has 0 aromatic heterocycles. The molecule has 0 saturated carbocycles. The zero-order valence-electron chi connectivity index (χ0n) is 18.0. The van der Waals surface area contributed by atoms with E-state index in [-0.39, 0.29) is 6.61 Å². The molecule has 1 unspecified atom stereocenters. The summed E-state index contributed by atoms with van der Waals surface area (Å²) in [4.78, 5) is 24.7. The second-order valence-corrected chi connectivity index (χ2v) is 7.09. The fourth-order valence-electron chi connectivity index (χ4n) is 3.34. The number of alkyl carbamates (subject to hydrolysis) is 1. The van der Waals surface area contributed by atoms with Crippen molar-refractivity contribution in [2.75, 3.05) is 13.7 Å². The Morgan fingerprint density at radius 3 is 2.37 bits per heavy atom. The van der Waals surface area contributed by atoms with Crippen LogP contribution in [0, 0.1) is 0 Å². The van der Waals surface area contributed by atoms with E-state index >= 15 is 0 Å². The van der Waals surface area contributed by atoms with Gasteiger partial charge in [-0.25, -0.2) is 9.59 Å². The average molecular weight is 414 g/mol. The molecule has 6 nitrogen and oxygen atoms in total. The number of carbonyl (C=O) groups is 2. The topological polar surface area (TPSA) is 73.9 Å². The van der Waals surface area contributed by atoms with Crippen molar-refractivity contribution in [2.24, 2.45) is 0 Å². The summed E-state index contributed by atoms with van der Waals surface area (Å²) < 4.78 is 15.9. The van der Waals surface area contributed by atoms with E-state index in [1.165, 1.54) is 7.11 Å². The van der Waals surface area contributed by atoms with Crippen molar-refractivity contribution in [2.45, 2.75) is 51.7 Å². The number of rotatable bonds is 11. The van der Waals surface area contributed by atoms with E-state index in [2.05, 4.69) is 5.32 Å². The molecule has 0 spiro atoms. The largest absolute Gasteiger partial charge is 0.489 e. The maximum Gasteiger partial charge on any atom is 0.407 e. The van der Waals surface area contributed by atoms with Gasteiger partial charge < -0.3 is 19.5 Å². The minimum Gasteiger partial charge on any atom is -0.489 e. The lowest BCUT2D eigenvalue weighted by atomic mass is 9.87. The first-order valence-electron chi connectivity index (χ1n) is 10.3. The summed E-state index contributed by atoms with van der Waals surface area (Å²) in [6.45, 7) is 4.44. The molecule has 30 heavy (non-hydrogen) atoms. The van der Waals surface area contributed by atoms with E-state index in [1.807, 2.05) is 61.5 Å². The summed E-state index contributed by atoms with van der Waals surface area (Å²) in [5.74, 6) is 0.322. The van der Waals surface area contributed by atoms with Gasteiger partial charge >= 0.3 is 12.1 Å². The highest BCUT2D eigenvalue weighted by molar-refractivity contribution is 5.85. The van der Waals surface area contributed by atoms with Crippen molar-refractivity contribution >= 4 is 12.1 Å². The van der Waals surface area contributed by atoms with Crippen molar-refractivity contribution in [3.05, 3.63) is 65.7 Å². The normalized spacial score (nSPS) is 12.5. The highest BCUT2D eigenvalue weighted by Gasteiger charge is 2.40. The molecule has 0 aliphatic carbocycles. The van der Waals surface area contributed by atoms with E-state index in [0.717, 1.165) is 16.9 Å². The van der Waals surface area contributed by atoms with Crippen LogP contribution in [0.4, 0.5) is 4.79 Å². The van der Waals surface area contributed by atoms with Crippen LogP contribution in [0.5, 0.6) is 5.75 Å². The molecule has 1 atom stereocenters. The number of benzene rings is 2. The Hall–Kier alpha value is -3.02. The maximum absolute atomic E-state index is 12.7. The number of hydrogen-bond acceptors (Lipinski definition) is 5. The molecule has 0 aliphatic rings. The summed E-state index contributed by atoms with van der Waals surface area (Å²) in [6.07, 6.45) is 1.51. The zero-order chi connectivity index (χ0) is 21.8. The van der Waals surface area contributed by atoms with E-state index in [9.17, 15) is 9.59 Å². The number of amides is 1. The Labute approximate surface area is 178 Å².